The molecule has 0 aliphatic carbocycles. The molecular formula is C14H17N3O2. The van der Waals surface area contributed by atoms with E-state index in [4.69, 9.17) is 5.11 Å². The van der Waals surface area contributed by atoms with Crippen LogP contribution in [0.25, 0.3) is 11.0 Å². The zero-order valence-corrected chi connectivity index (χ0v) is 11.1. The van der Waals surface area contributed by atoms with Crippen LogP contribution in [0.5, 0.6) is 0 Å². The van der Waals surface area contributed by atoms with Gasteiger partial charge < -0.3 is 10.0 Å². The molecule has 5 heteroatoms. The van der Waals surface area contributed by atoms with Crippen LogP contribution in [0.4, 0.5) is 0 Å². The van der Waals surface area contributed by atoms with Gasteiger partial charge in [-0.25, -0.2) is 0 Å². The zero-order valence-electron chi connectivity index (χ0n) is 11.1. The highest BCUT2D eigenvalue weighted by atomic mass is 16.3. The van der Waals surface area contributed by atoms with E-state index in [1.165, 1.54) is 0 Å². The van der Waals surface area contributed by atoms with Gasteiger partial charge in [0.1, 0.15) is 0 Å². The molecule has 0 saturated carbocycles. The average Bonchev–Trinajstić information content (AvgIpc) is 2.43. The van der Waals surface area contributed by atoms with E-state index in [-0.39, 0.29) is 18.6 Å². The molecule has 0 saturated heterocycles. The molecule has 100 valence electrons. The maximum Gasteiger partial charge on any atom is 0.254 e. The van der Waals surface area contributed by atoms with Gasteiger partial charge in [-0.3, -0.25) is 14.8 Å². The molecule has 0 radical (unpaired) electrons. The second-order valence-corrected chi connectivity index (χ2v) is 4.58. The van der Waals surface area contributed by atoms with E-state index in [2.05, 4.69) is 9.97 Å². The largest absolute Gasteiger partial charge is 0.395 e. The molecule has 1 heterocycles. The molecule has 0 aliphatic rings. The van der Waals surface area contributed by atoms with Gasteiger partial charge in [0.15, 0.2) is 0 Å². The van der Waals surface area contributed by atoms with Crippen LogP contribution >= 0.6 is 0 Å². The minimum atomic E-state index is -0.100. The molecule has 2 rings (SSSR count). The Hall–Kier alpha value is -2.01. The second kappa shape index (κ2) is 5.75. The summed E-state index contributed by atoms with van der Waals surface area (Å²) in [5, 5.41) is 9.04. The third-order valence-corrected chi connectivity index (χ3v) is 2.94. The molecule has 1 aromatic heterocycles. The molecule has 1 aromatic carbocycles. The van der Waals surface area contributed by atoms with Crippen LogP contribution in [-0.4, -0.2) is 45.1 Å². The second-order valence-electron chi connectivity index (χ2n) is 4.58. The van der Waals surface area contributed by atoms with Crippen LogP contribution in [0.2, 0.25) is 0 Å². The lowest BCUT2D eigenvalue weighted by Gasteiger charge is -2.26. The third-order valence-electron chi connectivity index (χ3n) is 2.94. The van der Waals surface area contributed by atoms with Gasteiger partial charge in [0.25, 0.3) is 5.91 Å². The summed E-state index contributed by atoms with van der Waals surface area (Å²) in [5.41, 5.74) is 2.02. The predicted octanol–water partition coefficient (Wildman–Crippen LogP) is 1.47. The maximum atomic E-state index is 12.4. The van der Waals surface area contributed by atoms with Gasteiger partial charge in [-0.1, -0.05) is 0 Å². The Morgan fingerprint density at radius 1 is 1.26 bits per heavy atom. The molecule has 0 unspecified atom stereocenters. The van der Waals surface area contributed by atoms with Crippen molar-refractivity contribution in [1.29, 1.82) is 0 Å². The molecule has 2 aromatic rings. The van der Waals surface area contributed by atoms with Crippen molar-refractivity contribution in [2.24, 2.45) is 0 Å². The van der Waals surface area contributed by atoms with Crippen molar-refractivity contribution in [2.45, 2.75) is 19.9 Å². The molecule has 0 aliphatic heterocycles. The van der Waals surface area contributed by atoms with Crippen LogP contribution in [0, 0.1) is 0 Å². The monoisotopic (exact) mass is 259 g/mol. The summed E-state index contributed by atoms with van der Waals surface area (Å²) >= 11 is 0. The number of hydrogen-bond acceptors (Lipinski definition) is 4. The van der Waals surface area contributed by atoms with Crippen LogP contribution in [-0.2, 0) is 0 Å². The summed E-state index contributed by atoms with van der Waals surface area (Å²) in [6.45, 7) is 4.13. The van der Waals surface area contributed by atoms with Crippen LogP contribution in [0.1, 0.15) is 24.2 Å². The highest BCUT2D eigenvalue weighted by Gasteiger charge is 2.18. The van der Waals surface area contributed by atoms with E-state index in [9.17, 15) is 4.79 Å². The van der Waals surface area contributed by atoms with Crippen LogP contribution < -0.4 is 0 Å². The highest BCUT2D eigenvalue weighted by molar-refractivity contribution is 5.97. The summed E-state index contributed by atoms with van der Waals surface area (Å²) in [6.07, 6.45) is 3.22. The number of aromatic nitrogens is 2. The number of benzene rings is 1. The summed E-state index contributed by atoms with van der Waals surface area (Å²) in [7, 11) is 0. The van der Waals surface area contributed by atoms with Gasteiger partial charge in [0, 0.05) is 30.5 Å². The molecule has 1 amide bonds. The highest BCUT2D eigenvalue weighted by Crippen LogP contribution is 2.14. The molecule has 5 nitrogen and oxygen atoms in total. The Balaban J connectivity index is 2.34. The van der Waals surface area contributed by atoms with E-state index < -0.39 is 0 Å². The smallest absolute Gasteiger partial charge is 0.254 e. The molecular weight excluding hydrogens is 242 g/mol. The van der Waals surface area contributed by atoms with Gasteiger partial charge in [0.05, 0.1) is 17.6 Å². The van der Waals surface area contributed by atoms with E-state index in [1.54, 1.807) is 35.5 Å². The average molecular weight is 259 g/mol. The fourth-order valence-corrected chi connectivity index (χ4v) is 1.96. The predicted molar refractivity (Wildman–Crippen MR) is 72.8 cm³/mol. The van der Waals surface area contributed by atoms with Crippen LogP contribution in [0.15, 0.2) is 30.6 Å². The summed E-state index contributed by atoms with van der Waals surface area (Å²) < 4.78 is 0. The number of hydrogen-bond donors (Lipinski definition) is 1. The standard InChI is InChI=1S/C14H17N3O2/c1-10(2)17(7-8-18)14(19)11-3-4-12-13(9-11)16-6-5-15-12/h3-6,9-10,18H,7-8H2,1-2H3. The zero-order chi connectivity index (χ0) is 13.8. The minimum absolute atomic E-state index is 0.0391. The Bertz CT molecular complexity index is 584. The number of aliphatic hydroxyl groups excluding tert-OH is 1. The van der Waals surface area contributed by atoms with E-state index in [1.807, 2.05) is 13.8 Å². The van der Waals surface area contributed by atoms with Crippen molar-refractivity contribution >= 4 is 16.9 Å². The van der Waals surface area contributed by atoms with E-state index >= 15 is 0 Å². The van der Waals surface area contributed by atoms with E-state index in [0.29, 0.717) is 17.6 Å². The molecule has 0 atom stereocenters. The normalized spacial score (nSPS) is 10.9. The number of carbonyl (C=O) groups is 1. The van der Waals surface area contributed by atoms with Crippen molar-refractivity contribution in [2.75, 3.05) is 13.2 Å². The summed E-state index contributed by atoms with van der Waals surface area (Å²) in [6, 6.07) is 5.30. The first-order chi connectivity index (χ1) is 9.13. The van der Waals surface area contributed by atoms with Crippen molar-refractivity contribution < 1.29 is 9.90 Å². The van der Waals surface area contributed by atoms with Gasteiger partial charge in [-0.15, -0.1) is 0 Å². The topological polar surface area (TPSA) is 66.3 Å². The van der Waals surface area contributed by atoms with E-state index in [0.717, 1.165) is 5.52 Å². The fourth-order valence-electron chi connectivity index (χ4n) is 1.96. The van der Waals surface area contributed by atoms with Gasteiger partial charge >= 0.3 is 0 Å². The third kappa shape index (κ3) is 2.88. The minimum Gasteiger partial charge on any atom is -0.395 e. The molecule has 0 spiro atoms. The van der Waals surface area contributed by atoms with Gasteiger partial charge in [0.2, 0.25) is 0 Å². The maximum absolute atomic E-state index is 12.4. The van der Waals surface area contributed by atoms with Gasteiger partial charge in [-0.2, -0.15) is 0 Å². The van der Waals surface area contributed by atoms with Crippen molar-refractivity contribution in [3.05, 3.63) is 36.2 Å². The first-order valence-electron chi connectivity index (χ1n) is 6.26. The molecule has 0 bridgehead atoms. The number of carbonyl (C=O) groups excluding carboxylic acids is 1. The Morgan fingerprint density at radius 2 is 1.95 bits per heavy atom. The first-order valence-corrected chi connectivity index (χ1v) is 6.26. The van der Waals surface area contributed by atoms with Gasteiger partial charge in [-0.05, 0) is 32.0 Å². The summed E-state index contributed by atoms with van der Waals surface area (Å²) in [4.78, 5) is 22.4. The van der Waals surface area contributed by atoms with Crippen molar-refractivity contribution in [3.63, 3.8) is 0 Å². The number of amides is 1. The Morgan fingerprint density at radius 3 is 2.58 bits per heavy atom. The lowest BCUT2D eigenvalue weighted by molar-refractivity contribution is 0.0665. The molecule has 1 N–H and O–H groups in total. The molecule has 0 fully saturated rings. The molecule has 19 heavy (non-hydrogen) atoms. The Labute approximate surface area is 111 Å². The summed E-state index contributed by atoms with van der Waals surface area (Å²) in [5.74, 6) is -0.100. The van der Waals surface area contributed by atoms with Crippen molar-refractivity contribution in [3.8, 4) is 0 Å². The lowest BCUT2D eigenvalue weighted by atomic mass is 10.1. The number of nitrogens with zero attached hydrogens (tertiary/aromatic N) is 3. The lowest BCUT2D eigenvalue weighted by Crippen LogP contribution is -2.39. The number of fused-ring (bicyclic) bond motifs is 1. The fraction of sp³-hybridized carbons (Fsp3) is 0.357. The first kappa shape index (κ1) is 13.4. The quantitative estimate of drug-likeness (QED) is 0.903. The Kier molecular flexibility index (Phi) is 4.06. The SMILES string of the molecule is CC(C)N(CCO)C(=O)c1ccc2nccnc2c1. The van der Waals surface area contributed by atoms with Crippen molar-refractivity contribution in [1.82, 2.24) is 14.9 Å². The van der Waals surface area contributed by atoms with Crippen LogP contribution in [0.3, 0.4) is 0 Å². The number of rotatable bonds is 4. The number of aliphatic hydroxyl groups is 1.